The lowest BCUT2D eigenvalue weighted by Crippen LogP contribution is -1.61. The molecule has 0 bridgehead atoms. The Bertz CT molecular complexity index is 17.2. The molecule has 0 amide bonds. The van der Waals surface area contributed by atoms with E-state index >= 15 is 0 Å². The SMILES string of the molecule is C=C[B-]C. The van der Waals surface area contributed by atoms with E-state index in [1.807, 2.05) is 14.1 Å². The fourth-order valence-corrected chi connectivity index (χ4v) is 0. The van der Waals surface area contributed by atoms with Gasteiger partial charge in [-0.2, -0.15) is 0 Å². The molecular weight excluding hydrogens is 46.8 g/mol. The van der Waals surface area contributed by atoms with E-state index < -0.39 is 0 Å². The smallest absolute Gasteiger partial charge is 0.147 e. The summed E-state index contributed by atoms with van der Waals surface area (Å²) in [6, 6.07) is 0. The summed E-state index contributed by atoms with van der Waals surface area (Å²) in [5.74, 6) is 1.75. The second kappa shape index (κ2) is 2.80. The molecule has 0 aromatic heterocycles. The van der Waals surface area contributed by atoms with Crippen LogP contribution in [-0.4, -0.2) is 7.28 Å². The van der Waals surface area contributed by atoms with Crippen LogP contribution in [0.15, 0.2) is 12.6 Å². The monoisotopic (exact) mass is 53.1 g/mol. The van der Waals surface area contributed by atoms with Gasteiger partial charge in [-0.05, 0) is 0 Å². The fraction of sp³-hybridized carbons (Fsp3) is 0.333. The molecule has 2 radical (unpaired) electrons. The van der Waals surface area contributed by atoms with Gasteiger partial charge in [0.1, 0.15) is 0 Å². The van der Waals surface area contributed by atoms with Gasteiger partial charge in [-0.25, -0.2) is 6.82 Å². The normalized spacial score (nSPS) is 6.25. The predicted octanol–water partition coefficient (Wildman–Crippen LogP) is 0.882. The third kappa shape index (κ3) is 1.80. The van der Waals surface area contributed by atoms with Gasteiger partial charge < -0.3 is 13.3 Å². The number of hydrogen-bond acceptors (Lipinski definition) is 0. The first-order valence-corrected chi connectivity index (χ1v) is 1.32. The molecule has 0 aromatic carbocycles. The summed E-state index contributed by atoms with van der Waals surface area (Å²) < 4.78 is 0. The summed E-state index contributed by atoms with van der Waals surface area (Å²) in [4.78, 5) is 0. The average Bonchev–Trinajstić information content (AvgIpc) is 1.37. The maximum absolute atomic E-state index is 3.42. The maximum Gasteiger partial charge on any atom is -0.147 e. The van der Waals surface area contributed by atoms with Crippen LogP contribution in [0.4, 0.5) is 0 Å². The molecule has 0 atom stereocenters. The molecule has 0 aromatic rings. The Morgan fingerprint density at radius 3 is 2.25 bits per heavy atom. The van der Waals surface area contributed by atoms with Gasteiger partial charge in [0.2, 0.25) is 0 Å². The molecule has 0 aliphatic heterocycles. The zero-order valence-electron chi connectivity index (χ0n) is 2.86. The van der Waals surface area contributed by atoms with Crippen LogP contribution in [0.3, 0.4) is 0 Å². The third-order valence-electron chi connectivity index (χ3n) is 0.236. The van der Waals surface area contributed by atoms with Gasteiger partial charge in [-0.1, -0.05) is 0 Å². The Hall–Kier alpha value is -0.195. The van der Waals surface area contributed by atoms with Crippen molar-refractivity contribution in [3.8, 4) is 0 Å². The molecule has 22 valence electrons. The van der Waals surface area contributed by atoms with Crippen LogP contribution in [-0.2, 0) is 0 Å². The molecule has 0 rings (SSSR count). The van der Waals surface area contributed by atoms with E-state index in [-0.39, 0.29) is 0 Å². The molecule has 0 heterocycles. The summed E-state index contributed by atoms with van der Waals surface area (Å²) in [6.45, 7) is 5.36. The lowest BCUT2D eigenvalue weighted by atomic mass is 9.84. The standard InChI is InChI=1S/C3H6B/c1-3-4-2/h3H,1H2,2H3/q-1. The first-order valence-electron chi connectivity index (χ1n) is 1.32. The fourth-order valence-electron chi connectivity index (χ4n) is 0. The van der Waals surface area contributed by atoms with E-state index in [0.29, 0.717) is 0 Å². The number of hydrogen-bond donors (Lipinski definition) is 0. The van der Waals surface area contributed by atoms with Gasteiger partial charge in [-0.15, -0.1) is 6.58 Å². The van der Waals surface area contributed by atoms with Crippen LogP contribution in [0.5, 0.6) is 0 Å². The summed E-state index contributed by atoms with van der Waals surface area (Å²) in [5, 5.41) is 0. The van der Waals surface area contributed by atoms with Crippen molar-refractivity contribution in [2.75, 3.05) is 0 Å². The van der Waals surface area contributed by atoms with E-state index in [2.05, 4.69) is 6.58 Å². The Kier molecular flexibility index (Phi) is 2.67. The van der Waals surface area contributed by atoms with Gasteiger partial charge in [0.05, 0.1) is 0 Å². The van der Waals surface area contributed by atoms with Gasteiger partial charge in [0, 0.05) is 0 Å². The largest absolute Gasteiger partial charge is 0.323 e. The first-order chi connectivity index (χ1) is 1.91. The molecule has 0 unspecified atom stereocenters. The van der Waals surface area contributed by atoms with E-state index in [4.69, 9.17) is 0 Å². The topological polar surface area (TPSA) is 0 Å². The van der Waals surface area contributed by atoms with Crippen LogP contribution < -0.4 is 0 Å². The van der Waals surface area contributed by atoms with Crippen LogP contribution in [0.25, 0.3) is 0 Å². The average molecular weight is 52.9 g/mol. The van der Waals surface area contributed by atoms with Crippen LogP contribution >= 0.6 is 0 Å². The highest BCUT2D eigenvalue weighted by Gasteiger charge is 1.22. The zero-order chi connectivity index (χ0) is 3.41. The van der Waals surface area contributed by atoms with Gasteiger partial charge in [0.25, 0.3) is 0 Å². The molecule has 0 spiro atoms. The predicted molar refractivity (Wildman–Crippen MR) is 21.8 cm³/mol. The van der Waals surface area contributed by atoms with Crippen molar-refractivity contribution in [3.63, 3.8) is 0 Å². The van der Waals surface area contributed by atoms with Gasteiger partial charge in [0.15, 0.2) is 0 Å². The second-order valence-corrected chi connectivity index (χ2v) is 0.569. The lowest BCUT2D eigenvalue weighted by Gasteiger charge is -1.80. The summed E-state index contributed by atoms with van der Waals surface area (Å²) >= 11 is 0. The summed E-state index contributed by atoms with van der Waals surface area (Å²) in [7, 11) is 1.89. The molecule has 0 aliphatic carbocycles. The quantitative estimate of drug-likeness (QED) is 0.389. The second-order valence-electron chi connectivity index (χ2n) is 0.569. The molecule has 1 heteroatoms. The zero-order valence-corrected chi connectivity index (χ0v) is 2.86. The first kappa shape index (κ1) is 3.80. The molecule has 0 nitrogen and oxygen atoms in total. The van der Waals surface area contributed by atoms with Crippen molar-refractivity contribution in [1.29, 1.82) is 0 Å². The molecule has 0 saturated carbocycles. The van der Waals surface area contributed by atoms with E-state index in [1.54, 1.807) is 5.98 Å². The van der Waals surface area contributed by atoms with Crippen molar-refractivity contribution in [3.05, 3.63) is 12.6 Å². The minimum absolute atomic E-state index is 1.75. The highest BCUT2D eigenvalue weighted by Crippen LogP contribution is 1.48. The molecule has 0 aliphatic rings. The Labute approximate surface area is 27.8 Å². The van der Waals surface area contributed by atoms with E-state index in [9.17, 15) is 0 Å². The maximum atomic E-state index is 3.42. The van der Waals surface area contributed by atoms with E-state index in [0.717, 1.165) is 0 Å². The molecule has 4 heavy (non-hydrogen) atoms. The van der Waals surface area contributed by atoms with Crippen LogP contribution in [0.1, 0.15) is 0 Å². The summed E-state index contributed by atoms with van der Waals surface area (Å²) in [6.07, 6.45) is 0. The lowest BCUT2D eigenvalue weighted by molar-refractivity contribution is 2.26. The number of rotatable bonds is 1. The highest BCUT2D eigenvalue weighted by molar-refractivity contribution is 6.39. The van der Waals surface area contributed by atoms with Crippen molar-refractivity contribution in [1.82, 2.24) is 0 Å². The van der Waals surface area contributed by atoms with Crippen molar-refractivity contribution >= 4 is 7.28 Å². The minimum Gasteiger partial charge on any atom is -0.323 e. The van der Waals surface area contributed by atoms with Crippen molar-refractivity contribution in [2.45, 2.75) is 6.82 Å². The van der Waals surface area contributed by atoms with Crippen molar-refractivity contribution in [2.24, 2.45) is 0 Å². The molecule has 0 saturated heterocycles. The van der Waals surface area contributed by atoms with Crippen LogP contribution in [0.2, 0.25) is 6.82 Å². The van der Waals surface area contributed by atoms with Crippen molar-refractivity contribution < 1.29 is 0 Å². The van der Waals surface area contributed by atoms with Crippen LogP contribution in [0, 0.1) is 0 Å². The molecular formula is C3H6B-. The van der Waals surface area contributed by atoms with Gasteiger partial charge in [-0.3, -0.25) is 0 Å². The third-order valence-corrected chi connectivity index (χ3v) is 0.236. The Morgan fingerprint density at radius 1 is 2.00 bits per heavy atom. The highest BCUT2D eigenvalue weighted by atomic mass is 13.1. The summed E-state index contributed by atoms with van der Waals surface area (Å²) in [5.41, 5.74) is 0. The van der Waals surface area contributed by atoms with E-state index in [1.165, 1.54) is 0 Å². The molecule has 0 fully saturated rings. The van der Waals surface area contributed by atoms with Gasteiger partial charge >= 0.3 is 0 Å². The molecule has 0 N–H and O–H groups in total. The Morgan fingerprint density at radius 2 is 2.25 bits per heavy atom. The minimum atomic E-state index is 1.75. The Balaban J connectivity index is 2.30.